The quantitative estimate of drug-likeness (QED) is 0.637. The lowest BCUT2D eigenvalue weighted by atomic mass is 9.98. The number of para-hydroxylation sites is 1. The molecular formula is C25H29N2O4+. The van der Waals surface area contributed by atoms with Crippen molar-refractivity contribution >= 4 is 16.9 Å². The molecule has 1 aliphatic heterocycles. The highest BCUT2D eigenvalue weighted by atomic mass is 16.5. The molecule has 0 saturated heterocycles. The van der Waals surface area contributed by atoms with Crippen LogP contribution in [-0.4, -0.2) is 44.1 Å². The van der Waals surface area contributed by atoms with E-state index in [2.05, 4.69) is 14.1 Å². The molecule has 0 unspecified atom stereocenters. The minimum Gasteiger partial charge on any atom is -0.491 e. The number of nitrogens with zero attached hydrogens (tertiary/aromatic N) is 1. The SMILES string of the molecule is CC(C)Oc1ccc([C@@H]2c3c(oc4ccccc4c3=O)C(=O)N2CCC[NH+](C)C)cc1. The number of rotatable bonds is 7. The lowest BCUT2D eigenvalue weighted by molar-refractivity contribution is -0.858. The minimum absolute atomic E-state index is 0.0723. The Morgan fingerprint density at radius 1 is 1.06 bits per heavy atom. The monoisotopic (exact) mass is 421 g/mol. The van der Waals surface area contributed by atoms with Gasteiger partial charge in [0.2, 0.25) is 5.76 Å². The Kier molecular flexibility index (Phi) is 5.83. The largest absolute Gasteiger partial charge is 0.491 e. The van der Waals surface area contributed by atoms with Gasteiger partial charge in [-0.1, -0.05) is 24.3 Å². The summed E-state index contributed by atoms with van der Waals surface area (Å²) in [5.74, 6) is 0.698. The van der Waals surface area contributed by atoms with Crippen molar-refractivity contribution in [3.63, 3.8) is 0 Å². The van der Waals surface area contributed by atoms with Crippen LogP contribution in [-0.2, 0) is 0 Å². The van der Waals surface area contributed by atoms with Crippen molar-refractivity contribution in [3.05, 3.63) is 75.6 Å². The molecule has 0 bridgehead atoms. The molecule has 6 nitrogen and oxygen atoms in total. The maximum atomic E-state index is 13.4. The van der Waals surface area contributed by atoms with E-state index in [1.807, 2.05) is 44.2 Å². The van der Waals surface area contributed by atoms with Gasteiger partial charge in [0.05, 0.1) is 43.7 Å². The van der Waals surface area contributed by atoms with Crippen LogP contribution in [0.1, 0.15) is 48.0 Å². The van der Waals surface area contributed by atoms with Crippen LogP contribution in [0.25, 0.3) is 11.0 Å². The number of hydrogen-bond acceptors (Lipinski definition) is 4. The summed E-state index contributed by atoms with van der Waals surface area (Å²) in [6.07, 6.45) is 0.906. The minimum atomic E-state index is -0.464. The van der Waals surface area contributed by atoms with Crippen LogP contribution in [0.3, 0.4) is 0 Å². The molecule has 0 saturated carbocycles. The molecule has 6 heteroatoms. The van der Waals surface area contributed by atoms with Crippen LogP contribution in [0, 0.1) is 0 Å². The van der Waals surface area contributed by atoms with Crippen LogP contribution < -0.4 is 15.1 Å². The van der Waals surface area contributed by atoms with Gasteiger partial charge >= 0.3 is 0 Å². The fourth-order valence-electron chi connectivity index (χ4n) is 4.15. The molecule has 31 heavy (non-hydrogen) atoms. The molecule has 2 heterocycles. The van der Waals surface area contributed by atoms with Crippen molar-refractivity contribution in [2.75, 3.05) is 27.2 Å². The van der Waals surface area contributed by atoms with Gasteiger partial charge in [-0.05, 0) is 43.7 Å². The van der Waals surface area contributed by atoms with Crippen LogP contribution in [0.4, 0.5) is 0 Å². The number of quaternary nitrogens is 1. The summed E-state index contributed by atoms with van der Waals surface area (Å²) in [7, 11) is 4.17. The van der Waals surface area contributed by atoms with Crippen LogP contribution >= 0.6 is 0 Å². The molecule has 1 N–H and O–H groups in total. The predicted molar refractivity (Wildman–Crippen MR) is 120 cm³/mol. The van der Waals surface area contributed by atoms with Crippen LogP contribution in [0.2, 0.25) is 0 Å². The highest BCUT2D eigenvalue weighted by molar-refractivity contribution is 5.99. The summed E-state index contributed by atoms with van der Waals surface area (Å²) in [6, 6.07) is 14.3. The number of benzene rings is 2. The first-order valence-electron chi connectivity index (χ1n) is 10.8. The van der Waals surface area contributed by atoms with Crippen molar-refractivity contribution in [2.45, 2.75) is 32.4 Å². The number of nitrogens with one attached hydrogen (secondary N) is 1. The predicted octanol–water partition coefficient (Wildman–Crippen LogP) is 2.66. The third kappa shape index (κ3) is 4.08. The Labute approximate surface area is 182 Å². The first-order chi connectivity index (χ1) is 14.9. The Morgan fingerprint density at radius 3 is 2.45 bits per heavy atom. The van der Waals surface area contributed by atoms with Gasteiger partial charge in [-0.25, -0.2) is 0 Å². The van der Waals surface area contributed by atoms with E-state index in [-0.39, 0.29) is 23.2 Å². The number of ether oxygens (including phenoxy) is 1. The average molecular weight is 422 g/mol. The fraction of sp³-hybridized carbons (Fsp3) is 0.360. The van der Waals surface area contributed by atoms with E-state index in [4.69, 9.17) is 9.15 Å². The summed E-state index contributed by atoms with van der Waals surface area (Å²) in [5, 5.41) is 0.499. The van der Waals surface area contributed by atoms with Crippen molar-refractivity contribution in [2.24, 2.45) is 0 Å². The lowest BCUT2D eigenvalue weighted by Gasteiger charge is -2.25. The first-order valence-corrected chi connectivity index (χ1v) is 10.8. The second-order valence-electron chi connectivity index (χ2n) is 8.62. The molecule has 3 aromatic rings. The van der Waals surface area contributed by atoms with Gasteiger partial charge in [-0.15, -0.1) is 0 Å². The zero-order chi connectivity index (χ0) is 22.1. The van der Waals surface area contributed by atoms with E-state index in [1.54, 1.807) is 23.1 Å². The summed E-state index contributed by atoms with van der Waals surface area (Å²) >= 11 is 0. The summed E-state index contributed by atoms with van der Waals surface area (Å²) in [5.41, 5.74) is 1.61. The Morgan fingerprint density at radius 2 is 1.77 bits per heavy atom. The molecule has 1 atom stereocenters. The molecular weight excluding hydrogens is 392 g/mol. The number of amides is 1. The second-order valence-corrected chi connectivity index (χ2v) is 8.62. The maximum Gasteiger partial charge on any atom is 0.290 e. The summed E-state index contributed by atoms with van der Waals surface area (Å²) in [4.78, 5) is 29.8. The maximum absolute atomic E-state index is 13.4. The molecule has 0 spiro atoms. The topological polar surface area (TPSA) is 64.2 Å². The lowest BCUT2D eigenvalue weighted by Crippen LogP contribution is -3.05. The van der Waals surface area contributed by atoms with E-state index < -0.39 is 6.04 Å². The van der Waals surface area contributed by atoms with Gasteiger partial charge in [0.1, 0.15) is 11.3 Å². The smallest absolute Gasteiger partial charge is 0.290 e. The average Bonchev–Trinajstić information content (AvgIpc) is 3.00. The van der Waals surface area contributed by atoms with Crippen molar-refractivity contribution in [1.29, 1.82) is 0 Å². The second kappa shape index (κ2) is 8.55. The summed E-state index contributed by atoms with van der Waals surface area (Å²) < 4.78 is 11.7. The molecule has 0 aliphatic carbocycles. The van der Waals surface area contributed by atoms with Crippen molar-refractivity contribution in [1.82, 2.24) is 4.90 Å². The Hall–Kier alpha value is -3.12. The van der Waals surface area contributed by atoms with Gasteiger partial charge < -0.3 is 19.0 Å². The fourth-order valence-corrected chi connectivity index (χ4v) is 4.15. The van der Waals surface area contributed by atoms with E-state index in [9.17, 15) is 9.59 Å². The molecule has 4 rings (SSSR count). The zero-order valence-corrected chi connectivity index (χ0v) is 18.5. The Balaban J connectivity index is 1.80. The number of carbonyl (C=O) groups is 1. The van der Waals surface area contributed by atoms with E-state index in [1.165, 1.54) is 4.90 Å². The van der Waals surface area contributed by atoms with Crippen molar-refractivity contribution < 1.29 is 18.8 Å². The Bertz CT molecular complexity index is 1150. The molecule has 162 valence electrons. The zero-order valence-electron chi connectivity index (χ0n) is 18.5. The molecule has 1 amide bonds. The standard InChI is InChI=1S/C25H28N2O4/c1-16(2)30-18-12-10-17(11-13-18)22-21-23(28)19-8-5-6-9-20(19)31-24(21)25(29)27(22)15-7-14-26(3)4/h5-6,8-13,16,22H,7,14-15H2,1-4H3/p+1/t22-/m1/s1. The molecule has 2 aromatic carbocycles. The van der Waals surface area contributed by atoms with E-state index in [0.29, 0.717) is 23.1 Å². The van der Waals surface area contributed by atoms with Gasteiger partial charge in [-0.2, -0.15) is 0 Å². The summed E-state index contributed by atoms with van der Waals surface area (Å²) in [6.45, 7) is 5.44. The van der Waals surface area contributed by atoms with E-state index in [0.717, 1.165) is 24.3 Å². The highest BCUT2D eigenvalue weighted by Gasteiger charge is 2.42. The molecule has 0 fully saturated rings. The number of carbonyl (C=O) groups excluding carboxylic acids is 1. The highest BCUT2D eigenvalue weighted by Crippen LogP contribution is 2.38. The van der Waals surface area contributed by atoms with Gasteiger partial charge in [0.25, 0.3) is 5.91 Å². The van der Waals surface area contributed by atoms with Gasteiger partial charge in [0.15, 0.2) is 5.43 Å². The van der Waals surface area contributed by atoms with Crippen LogP contribution in [0.15, 0.2) is 57.7 Å². The number of hydrogen-bond donors (Lipinski definition) is 1. The third-order valence-electron chi connectivity index (χ3n) is 5.52. The third-order valence-corrected chi connectivity index (χ3v) is 5.52. The molecule has 0 radical (unpaired) electrons. The van der Waals surface area contributed by atoms with Crippen molar-refractivity contribution in [3.8, 4) is 5.75 Å². The van der Waals surface area contributed by atoms with Crippen LogP contribution in [0.5, 0.6) is 5.75 Å². The molecule has 1 aliphatic rings. The first kappa shape index (κ1) is 21.1. The van der Waals surface area contributed by atoms with E-state index >= 15 is 0 Å². The normalized spacial score (nSPS) is 15.9. The van der Waals surface area contributed by atoms with Gasteiger partial charge in [0, 0.05) is 13.0 Å². The number of fused-ring (bicyclic) bond motifs is 2. The molecule has 1 aromatic heterocycles. The van der Waals surface area contributed by atoms with Gasteiger partial charge in [-0.3, -0.25) is 9.59 Å².